The molecule has 0 aliphatic carbocycles. The minimum Gasteiger partial charge on any atom is -0.315 e. The van der Waals surface area contributed by atoms with Gasteiger partial charge in [-0.15, -0.1) is 0 Å². The lowest BCUT2D eigenvalue weighted by atomic mass is 10.2. The molecule has 120 valence electrons. The fraction of sp³-hybridized carbons (Fsp3) is 0.500. The van der Waals surface area contributed by atoms with E-state index < -0.39 is 26.7 Å². The summed E-state index contributed by atoms with van der Waals surface area (Å²) in [5, 5.41) is 2.72. The Morgan fingerprint density at radius 3 is 2.43 bits per heavy atom. The van der Waals surface area contributed by atoms with Gasteiger partial charge < -0.3 is 5.32 Å². The van der Waals surface area contributed by atoms with Crippen molar-refractivity contribution in [1.82, 2.24) is 10.0 Å². The highest BCUT2D eigenvalue weighted by Crippen LogP contribution is 2.33. The van der Waals surface area contributed by atoms with Crippen LogP contribution in [0.25, 0.3) is 0 Å². The van der Waals surface area contributed by atoms with E-state index in [2.05, 4.69) is 10.0 Å². The molecule has 0 heterocycles. The maximum Gasteiger partial charge on any atom is 0.416 e. The summed E-state index contributed by atoms with van der Waals surface area (Å²) in [7, 11) is -4.08. The van der Waals surface area contributed by atoms with Crippen molar-refractivity contribution in [3.8, 4) is 0 Å². The van der Waals surface area contributed by atoms with Gasteiger partial charge >= 0.3 is 6.18 Å². The van der Waals surface area contributed by atoms with Crippen LogP contribution < -0.4 is 10.0 Å². The standard InChI is InChI=1S/C12H16ClF3N2O2S/c1-2-5-17-6-7-18-21(19,20)11-8-9(12(14,15)16)3-4-10(11)13/h3-4,8,17-18H,2,5-7H2,1H3. The first-order chi connectivity index (χ1) is 9.68. The molecule has 0 fully saturated rings. The quantitative estimate of drug-likeness (QED) is 0.748. The van der Waals surface area contributed by atoms with E-state index in [-0.39, 0.29) is 11.6 Å². The molecule has 0 aliphatic rings. The number of halogens is 4. The first-order valence-corrected chi connectivity index (χ1v) is 8.11. The highest BCUT2D eigenvalue weighted by molar-refractivity contribution is 7.89. The van der Waals surface area contributed by atoms with E-state index in [4.69, 9.17) is 11.6 Å². The molecule has 1 aromatic carbocycles. The molecule has 0 saturated heterocycles. The molecule has 0 amide bonds. The van der Waals surface area contributed by atoms with Crippen molar-refractivity contribution in [2.45, 2.75) is 24.4 Å². The first kappa shape index (κ1) is 18.2. The largest absolute Gasteiger partial charge is 0.416 e. The van der Waals surface area contributed by atoms with Gasteiger partial charge in [-0.05, 0) is 31.2 Å². The Hall–Kier alpha value is -0.830. The molecule has 9 heteroatoms. The van der Waals surface area contributed by atoms with E-state index in [9.17, 15) is 21.6 Å². The molecule has 0 spiro atoms. The number of hydrogen-bond donors (Lipinski definition) is 2. The molecule has 0 bridgehead atoms. The number of sulfonamides is 1. The molecule has 0 aliphatic heterocycles. The Bertz CT molecular complexity index is 576. The Labute approximate surface area is 126 Å². The van der Waals surface area contributed by atoms with Crippen molar-refractivity contribution < 1.29 is 21.6 Å². The van der Waals surface area contributed by atoms with Crippen LogP contribution >= 0.6 is 11.6 Å². The molecule has 0 unspecified atom stereocenters. The summed E-state index contributed by atoms with van der Waals surface area (Å²) in [4.78, 5) is -0.575. The van der Waals surface area contributed by atoms with Crippen molar-refractivity contribution in [3.05, 3.63) is 28.8 Å². The van der Waals surface area contributed by atoms with Crippen LogP contribution in [0.3, 0.4) is 0 Å². The zero-order valence-corrected chi connectivity index (χ0v) is 12.9. The fourth-order valence-electron chi connectivity index (χ4n) is 1.54. The smallest absolute Gasteiger partial charge is 0.315 e. The first-order valence-electron chi connectivity index (χ1n) is 6.25. The normalized spacial score (nSPS) is 12.6. The van der Waals surface area contributed by atoms with Crippen molar-refractivity contribution in [2.75, 3.05) is 19.6 Å². The van der Waals surface area contributed by atoms with E-state index in [0.717, 1.165) is 25.1 Å². The average Bonchev–Trinajstić information content (AvgIpc) is 2.37. The molecule has 0 aromatic heterocycles. The van der Waals surface area contributed by atoms with Crippen molar-refractivity contribution in [3.63, 3.8) is 0 Å². The number of benzene rings is 1. The molecular formula is C12H16ClF3N2O2S. The van der Waals surface area contributed by atoms with Crippen LogP contribution in [0.1, 0.15) is 18.9 Å². The lowest BCUT2D eigenvalue weighted by Gasteiger charge is -2.12. The Morgan fingerprint density at radius 2 is 1.86 bits per heavy atom. The van der Waals surface area contributed by atoms with Crippen LogP contribution in [0.4, 0.5) is 13.2 Å². The van der Waals surface area contributed by atoms with Gasteiger partial charge in [-0.25, -0.2) is 13.1 Å². The average molecular weight is 345 g/mol. The van der Waals surface area contributed by atoms with Gasteiger partial charge in [0.2, 0.25) is 10.0 Å². The summed E-state index contributed by atoms with van der Waals surface area (Å²) >= 11 is 5.69. The topological polar surface area (TPSA) is 58.2 Å². The molecule has 1 aromatic rings. The van der Waals surface area contributed by atoms with Crippen molar-refractivity contribution >= 4 is 21.6 Å². The highest BCUT2D eigenvalue weighted by atomic mass is 35.5. The van der Waals surface area contributed by atoms with Gasteiger partial charge in [-0.1, -0.05) is 18.5 Å². The third-order valence-electron chi connectivity index (χ3n) is 2.57. The predicted octanol–water partition coefficient (Wildman–Crippen LogP) is 2.64. The van der Waals surface area contributed by atoms with Gasteiger partial charge in [-0.2, -0.15) is 13.2 Å². The van der Waals surface area contributed by atoms with Crippen LogP contribution in [0, 0.1) is 0 Å². The molecule has 2 N–H and O–H groups in total. The maximum absolute atomic E-state index is 12.6. The minimum atomic E-state index is -4.63. The number of hydrogen-bond acceptors (Lipinski definition) is 3. The van der Waals surface area contributed by atoms with Crippen LogP contribution in [0.15, 0.2) is 23.1 Å². The Morgan fingerprint density at radius 1 is 1.19 bits per heavy atom. The van der Waals surface area contributed by atoms with E-state index in [1.165, 1.54) is 0 Å². The Balaban J connectivity index is 2.87. The molecule has 4 nitrogen and oxygen atoms in total. The van der Waals surface area contributed by atoms with Crippen LogP contribution in [-0.2, 0) is 16.2 Å². The van der Waals surface area contributed by atoms with Crippen molar-refractivity contribution in [1.29, 1.82) is 0 Å². The summed E-state index contributed by atoms with van der Waals surface area (Å²) in [6.45, 7) is 3.13. The molecule has 0 radical (unpaired) electrons. The summed E-state index contributed by atoms with van der Waals surface area (Å²) < 4.78 is 64.0. The zero-order chi connectivity index (χ0) is 16.1. The van der Waals surface area contributed by atoms with Crippen LogP contribution in [-0.4, -0.2) is 28.1 Å². The van der Waals surface area contributed by atoms with Gasteiger partial charge in [0.05, 0.1) is 10.6 Å². The van der Waals surface area contributed by atoms with Crippen molar-refractivity contribution in [2.24, 2.45) is 0 Å². The summed E-state index contributed by atoms with van der Waals surface area (Å²) in [6, 6.07) is 2.20. The third-order valence-corrected chi connectivity index (χ3v) is 4.51. The van der Waals surface area contributed by atoms with Gasteiger partial charge in [0.25, 0.3) is 0 Å². The predicted molar refractivity (Wildman–Crippen MR) is 74.8 cm³/mol. The minimum absolute atomic E-state index is 0.0644. The van der Waals surface area contributed by atoms with Gasteiger partial charge in [0.15, 0.2) is 0 Å². The molecule has 0 atom stereocenters. The Kier molecular flexibility index (Phi) is 6.45. The number of alkyl halides is 3. The summed E-state index contributed by atoms with van der Waals surface area (Å²) in [5.74, 6) is 0. The second kappa shape index (κ2) is 7.44. The highest BCUT2D eigenvalue weighted by Gasteiger charge is 2.32. The summed E-state index contributed by atoms with van der Waals surface area (Å²) in [6.07, 6.45) is -3.73. The zero-order valence-electron chi connectivity index (χ0n) is 11.3. The number of nitrogens with one attached hydrogen (secondary N) is 2. The second-order valence-electron chi connectivity index (χ2n) is 4.29. The SMILES string of the molecule is CCCNCCNS(=O)(=O)c1cc(C(F)(F)F)ccc1Cl. The van der Waals surface area contributed by atoms with Gasteiger partial charge in [0.1, 0.15) is 4.90 Å². The number of rotatable bonds is 7. The fourth-order valence-corrected chi connectivity index (χ4v) is 3.09. The van der Waals surface area contributed by atoms with Gasteiger partial charge in [0, 0.05) is 13.1 Å². The van der Waals surface area contributed by atoms with Crippen LogP contribution in [0.5, 0.6) is 0 Å². The van der Waals surface area contributed by atoms with E-state index in [0.29, 0.717) is 12.6 Å². The van der Waals surface area contributed by atoms with Gasteiger partial charge in [-0.3, -0.25) is 0 Å². The van der Waals surface area contributed by atoms with Crippen LogP contribution in [0.2, 0.25) is 5.02 Å². The second-order valence-corrected chi connectivity index (χ2v) is 6.43. The maximum atomic E-state index is 12.6. The third kappa shape index (κ3) is 5.46. The molecule has 1 rings (SSSR count). The molecule has 0 saturated carbocycles. The van der Waals surface area contributed by atoms with E-state index >= 15 is 0 Å². The van der Waals surface area contributed by atoms with E-state index in [1.807, 2.05) is 6.92 Å². The monoisotopic (exact) mass is 344 g/mol. The lowest BCUT2D eigenvalue weighted by Crippen LogP contribution is -2.32. The lowest BCUT2D eigenvalue weighted by molar-refractivity contribution is -0.137. The molecule has 21 heavy (non-hydrogen) atoms. The van der Waals surface area contributed by atoms with E-state index in [1.54, 1.807) is 0 Å². The summed E-state index contributed by atoms with van der Waals surface area (Å²) in [5.41, 5.74) is -1.06. The molecular weight excluding hydrogens is 329 g/mol.